The van der Waals surface area contributed by atoms with Crippen LogP contribution in [0.5, 0.6) is 5.75 Å². The van der Waals surface area contributed by atoms with Crippen molar-refractivity contribution in [3.05, 3.63) is 29.8 Å². The van der Waals surface area contributed by atoms with Crippen LogP contribution < -0.4 is 4.74 Å². The standard InChI is InChI=1S/C33H56O/c1-3-5-7-8-11-29-13-15-30(16-14-29)12-9-27-34-33-25-23-32(24-26-33)22-21-31-19-17-28(18-20-31)10-6-4-2/h23-26,28-31H,3-22,27H2,1-2H3/t28-,29-,30-,31-. The lowest BCUT2D eigenvalue weighted by Crippen LogP contribution is -2.15. The van der Waals surface area contributed by atoms with Gasteiger partial charge in [-0.15, -0.1) is 0 Å². The van der Waals surface area contributed by atoms with Gasteiger partial charge in [-0.1, -0.05) is 129 Å². The van der Waals surface area contributed by atoms with Gasteiger partial charge in [-0.2, -0.15) is 0 Å². The lowest BCUT2D eigenvalue weighted by molar-refractivity contribution is 0.228. The zero-order chi connectivity index (χ0) is 23.8. The SMILES string of the molecule is CCCCCC[C@H]1CC[C@H](CCCOc2ccc(CC[C@H]3CC[C@H](CCCC)CC3)cc2)CC1. The molecule has 3 rings (SSSR count). The van der Waals surface area contributed by atoms with Crippen molar-refractivity contribution in [3.8, 4) is 5.75 Å². The van der Waals surface area contributed by atoms with E-state index in [0.29, 0.717) is 0 Å². The summed E-state index contributed by atoms with van der Waals surface area (Å²) in [6.07, 6.45) is 28.5. The molecule has 2 fully saturated rings. The predicted molar refractivity (Wildman–Crippen MR) is 149 cm³/mol. The number of benzene rings is 1. The monoisotopic (exact) mass is 468 g/mol. The third kappa shape index (κ3) is 10.7. The molecule has 0 spiro atoms. The molecular weight excluding hydrogens is 412 g/mol. The van der Waals surface area contributed by atoms with Gasteiger partial charge in [0.05, 0.1) is 6.61 Å². The Morgan fingerprint density at radius 2 is 1.06 bits per heavy atom. The molecule has 0 heterocycles. The third-order valence-corrected chi connectivity index (χ3v) is 9.15. The van der Waals surface area contributed by atoms with Gasteiger partial charge in [-0.05, 0) is 67.1 Å². The molecule has 1 aromatic rings. The van der Waals surface area contributed by atoms with Crippen LogP contribution in [-0.2, 0) is 6.42 Å². The van der Waals surface area contributed by atoms with Crippen molar-refractivity contribution < 1.29 is 4.74 Å². The van der Waals surface area contributed by atoms with Gasteiger partial charge >= 0.3 is 0 Å². The van der Waals surface area contributed by atoms with Gasteiger partial charge in [-0.25, -0.2) is 0 Å². The Bertz CT molecular complexity index is 604. The van der Waals surface area contributed by atoms with Crippen LogP contribution in [0.2, 0.25) is 0 Å². The zero-order valence-corrected chi connectivity index (χ0v) is 22.9. The number of rotatable bonds is 16. The van der Waals surface area contributed by atoms with E-state index in [1.54, 1.807) is 0 Å². The van der Waals surface area contributed by atoms with E-state index in [1.165, 1.54) is 134 Å². The first kappa shape index (κ1) is 27.6. The van der Waals surface area contributed by atoms with Gasteiger partial charge in [0.15, 0.2) is 0 Å². The lowest BCUT2D eigenvalue weighted by Gasteiger charge is -2.28. The molecule has 1 aromatic carbocycles. The highest BCUT2D eigenvalue weighted by atomic mass is 16.5. The van der Waals surface area contributed by atoms with E-state index in [2.05, 4.69) is 38.1 Å². The summed E-state index contributed by atoms with van der Waals surface area (Å²) in [4.78, 5) is 0. The summed E-state index contributed by atoms with van der Waals surface area (Å²) in [7, 11) is 0. The highest BCUT2D eigenvalue weighted by Gasteiger charge is 2.21. The molecule has 0 bridgehead atoms. The molecule has 0 saturated heterocycles. The minimum atomic E-state index is 0.886. The maximum atomic E-state index is 6.09. The van der Waals surface area contributed by atoms with Crippen LogP contribution in [-0.4, -0.2) is 6.61 Å². The smallest absolute Gasteiger partial charge is 0.119 e. The predicted octanol–water partition coefficient (Wildman–Crippen LogP) is 10.6. The zero-order valence-electron chi connectivity index (χ0n) is 22.9. The fourth-order valence-corrected chi connectivity index (χ4v) is 6.66. The van der Waals surface area contributed by atoms with E-state index in [1.807, 2.05) is 0 Å². The molecule has 1 heteroatoms. The Balaban J connectivity index is 1.21. The highest BCUT2D eigenvalue weighted by Crippen LogP contribution is 2.35. The minimum Gasteiger partial charge on any atom is -0.494 e. The highest BCUT2D eigenvalue weighted by molar-refractivity contribution is 5.27. The Hall–Kier alpha value is -0.980. The molecule has 0 aromatic heterocycles. The third-order valence-electron chi connectivity index (χ3n) is 9.15. The number of unbranched alkanes of at least 4 members (excludes halogenated alkanes) is 4. The normalized spacial score (nSPS) is 25.4. The van der Waals surface area contributed by atoms with Crippen LogP contribution in [0.4, 0.5) is 0 Å². The molecular formula is C33H56O. The molecule has 2 aliphatic rings. The van der Waals surface area contributed by atoms with Gasteiger partial charge in [-0.3, -0.25) is 0 Å². The van der Waals surface area contributed by atoms with Crippen molar-refractivity contribution in [2.75, 3.05) is 6.61 Å². The summed E-state index contributed by atoms with van der Waals surface area (Å²) < 4.78 is 6.09. The summed E-state index contributed by atoms with van der Waals surface area (Å²) in [6, 6.07) is 9.04. The van der Waals surface area contributed by atoms with E-state index < -0.39 is 0 Å². The van der Waals surface area contributed by atoms with E-state index >= 15 is 0 Å². The van der Waals surface area contributed by atoms with Crippen LogP contribution in [0.25, 0.3) is 0 Å². The van der Waals surface area contributed by atoms with Crippen LogP contribution in [0.3, 0.4) is 0 Å². The van der Waals surface area contributed by atoms with Crippen LogP contribution in [0.1, 0.15) is 141 Å². The Kier molecular flexibility index (Phi) is 13.5. The Morgan fingerprint density at radius 3 is 1.62 bits per heavy atom. The van der Waals surface area contributed by atoms with Gasteiger partial charge in [0.25, 0.3) is 0 Å². The first-order valence-electron chi connectivity index (χ1n) is 15.5. The second kappa shape index (κ2) is 16.6. The first-order valence-corrected chi connectivity index (χ1v) is 15.5. The molecule has 0 amide bonds. The van der Waals surface area contributed by atoms with Crippen molar-refractivity contribution in [2.24, 2.45) is 23.7 Å². The largest absolute Gasteiger partial charge is 0.494 e. The van der Waals surface area contributed by atoms with Crippen molar-refractivity contribution in [3.63, 3.8) is 0 Å². The van der Waals surface area contributed by atoms with Gasteiger partial charge in [0, 0.05) is 0 Å². The molecule has 2 aliphatic carbocycles. The molecule has 2 saturated carbocycles. The minimum absolute atomic E-state index is 0.886. The number of aryl methyl sites for hydroxylation is 1. The second-order valence-corrected chi connectivity index (χ2v) is 11.9. The first-order chi connectivity index (χ1) is 16.8. The second-order valence-electron chi connectivity index (χ2n) is 11.9. The summed E-state index contributed by atoms with van der Waals surface area (Å²) in [5.74, 6) is 5.05. The maximum absolute atomic E-state index is 6.09. The topological polar surface area (TPSA) is 9.23 Å². The van der Waals surface area contributed by atoms with Crippen LogP contribution >= 0.6 is 0 Å². The summed E-state index contributed by atoms with van der Waals surface area (Å²) >= 11 is 0. The molecule has 34 heavy (non-hydrogen) atoms. The lowest BCUT2D eigenvalue weighted by atomic mass is 9.78. The summed E-state index contributed by atoms with van der Waals surface area (Å²) in [6.45, 7) is 5.52. The molecule has 0 atom stereocenters. The molecule has 0 radical (unpaired) electrons. The van der Waals surface area contributed by atoms with Gasteiger partial charge in [0.2, 0.25) is 0 Å². The van der Waals surface area contributed by atoms with E-state index in [-0.39, 0.29) is 0 Å². The van der Waals surface area contributed by atoms with Crippen molar-refractivity contribution >= 4 is 0 Å². The molecule has 0 N–H and O–H groups in total. The summed E-state index contributed by atoms with van der Waals surface area (Å²) in [5.41, 5.74) is 1.49. The number of hydrogen-bond acceptors (Lipinski definition) is 1. The average molecular weight is 469 g/mol. The van der Waals surface area contributed by atoms with E-state index in [0.717, 1.165) is 36.0 Å². The fraction of sp³-hybridized carbons (Fsp3) is 0.818. The molecule has 194 valence electrons. The Morgan fingerprint density at radius 1 is 0.559 bits per heavy atom. The van der Waals surface area contributed by atoms with Gasteiger partial charge in [0.1, 0.15) is 5.75 Å². The van der Waals surface area contributed by atoms with Crippen molar-refractivity contribution in [1.29, 1.82) is 0 Å². The van der Waals surface area contributed by atoms with E-state index in [4.69, 9.17) is 4.74 Å². The van der Waals surface area contributed by atoms with Crippen molar-refractivity contribution in [1.82, 2.24) is 0 Å². The molecule has 0 aliphatic heterocycles. The number of ether oxygens (including phenoxy) is 1. The van der Waals surface area contributed by atoms with Crippen molar-refractivity contribution in [2.45, 2.75) is 142 Å². The quantitative estimate of drug-likeness (QED) is 0.219. The Labute approximate surface area is 212 Å². The van der Waals surface area contributed by atoms with Crippen LogP contribution in [0, 0.1) is 23.7 Å². The van der Waals surface area contributed by atoms with Gasteiger partial charge < -0.3 is 4.74 Å². The van der Waals surface area contributed by atoms with Crippen LogP contribution in [0.15, 0.2) is 24.3 Å². The summed E-state index contributed by atoms with van der Waals surface area (Å²) in [5, 5.41) is 0. The maximum Gasteiger partial charge on any atom is 0.119 e. The van der Waals surface area contributed by atoms with E-state index in [9.17, 15) is 0 Å². The fourth-order valence-electron chi connectivity index (χ4n) is 6.66. The molecule has 1 nitrogen and oxygen atoms in total. The molecule has 0 unspecified atom stereocenters. The average Bonchev–Trinajstić information content (AvgIpc) is 2.89. The number of hydrogen-bond donors (Lipinski definition) is 0.